The lowest BCUT2D eigenvalue weighted by molar-refractivity contribution is -0.246. The van der Waals surface area contributed by atoms with Crippen LogP contribution < -0.4 is 0 Å². The molecule has 35 heavy (non-hydrogen) atoms. The number of aliphatic hydroxyl groups excluding tert-OH is 1. The maximum atomic E-state index is 17.2. The SMILES string of the molecule is CC.CC1(C)O[C@@H]2CC3C4C[C@H](F)C5=CC(=O)C=CC5(C)[C@@]4(F)C(O)CC3(C)C2(C(=O)SCF)O1. The van der Waals surface area contributed by atoms with Gasteiger partial charge in [-0.25, -0.2) is 13.2 Å². The Morgan fingerprint density at radius 3 is 2.49 bits per heavy atom. The number of carbonyl (C=O) groups excluding carboxylic acids is 2. The van der Waals surface area contributed by atoms with Crippen LogP contribution in [0.2, 0.25) is 0 Å². The molecular weight excluding hydrogens is 481 g/mol. The second-order valence-corrected chi connectivity index (χ2v) is 11.9. The first kappa shape index (κ1) is 26.9. The summed E-state index contributed by atoms with van der Waals surface area (Å²) in [6.45, 7) is 10.6. The summed E-state index contributed by atoms with van der Waals surface area (Å²) < 4.78 is 58.2. The molecule has 1 saturated heterocycles. The van der Waals surface area contributed by atoms with E-state index >= 15 is 8.78 Å². The number of fused-ring (bicyclic) bond motifs is 7. The second kappa shape index (κ2) is 8.43. The van der Waals surface area contributed by atoms with Gasteiger partial charge in [-0.05, 0) is 63.7 Å². The Balaban J connectivity index is 0.00000141. The van der Waals surface area contributed by atoms with Crippen molar-refractivity contribution in [3.8, 4) is 0 Å². The molecule has 196 valence electrons. The summed E-state index contributed by atoms with van der Waals surface area (Å²) >= 11 is 0.481. The molecule has 4 aliphatic carbocycles. The van der Waals surface area contributed by atoms with Crippen molar-refractivity contribution in [3.05, 3.63) is 23.8 Å². The van der Waals surface area contributed by atoms with Gasteiger partial charge < -0.3 is 14.6 Å². The highest BCUT2D eigenvalue weighted by molar-refractivity contribution is 8.13. The van der Waals surface area contributed by atoms with Gasteiger partial charge in [-0.15, -0.1) is 0 Å². The molecule has 5 aliphatic rings. The first-order valence-corrected chi connectivity index (χ1v) is 13.3. The lowest BCUT2D eigenvalue weighted by atomic mass is 9.44. The van der Waals surface area contributed by atoms with Crippen LogP contribution in [0, 0.1) is 22.7 Å². The van der Waals surface area contributed by atoms with Crippen molar-refractivity contribution in [2.75, 3.05) is 6.01 Å². The van der Waals surface area contributed by atoms with Crippen LogP contribution in [0.25, 0.3) is 0 Å². The fourth-order valence-corrected chi connectivity index (χ4v) is 8.53. The summed E-state index contributed by atoms with van der Waals surface area (Å²) in [5.74, 6) is -3.04. The van der Waals surface area contributed by atoms with Crippen LogP contribution >= 0.6 is 11.8 Å². The van der Waals surface area contributed by atoms with E-state index in [-0.39, 0.29) is 24.8 Å². The number of allylic oxidation sites excluding steroid dienone is 4. The Bertz CT molecular complexity index is 984. The Labute approximate surface area is 208 Å². The Morgan fingerprint density at radius 1 is 1.20 bits per heavy atom. The lowest BCUT2D eigenvalue weighted by Crippen LogP contribution is -2.70. The largest absolute Gasteiger partial charge is 0.390 e. The summed E-state index contributed by atoms with van der Waals surface area (Å²) in [4.78, 5) is 25.3. The quantitative estimate of drug-likeness (QED) is 0.556. The van der Waals surface area contributed by atoms with E-state index in [1.807, 2.05) is 13.8 Å². The van der Waals surface area contributed by atoms with E-state index < -0.39 is 75.0 Å². The third kappa shape index (κ3) is 3.26. The van der Waals surface area contributed by atoms with Crippen LogP contribution in [0.1, 0.15) is 60.8 Å². The molecule has 5 rings (SSSR count). The van der Waals surface area contributed by atoms with Gasteiger partial charge in [-0.1, -0.05) is 38.6 Å². The minimum absolute atomic E-state index is 0.0435. The number of ether oxygens (including phenoxy) is 2. The van der Waals surface area contributed by atoms with E-state index in [9.17, 15) is 19.1 Å². The maximum absolute atomic E-state index is 17.2. The smallest absolute Gasteiger partial charge is 0.226 e. The summed E-state index contributed by atoms with van der Waals surface area (Å²) in [6, 6.07) is -0.950. The van der Waals surface area contributed by atoms with Crippen molar-refractivity contribution < 1.29 is 37.3 Å². The number of rotatable bonds is 2. The van der Waals surface area contributed by atoms with Gasteiger partial charge in [0.1, 0.15) is 12.2 Å². The van der Waals surface area contributed by atoms with Crippen LogP contribution in [0.4, 0.5) is 13.2 Å². The van der Waals surface area contributed by atoms with Crippen molar-refractivity contribution in [1.82, 2.24) is 0 Å². The zero-order chi connectivity index (χ0) is 26.2. The zero-order valence-electron chi connectivity index (χ0n) is 21.1. The van der Waals surface area contributed by atoms with Crippen LogP contribution in [-0.2, 0) is 19.1 Å². The minimum Gasteiger partial charge on any atom is -0.390 e. The highest BCUT2D eigenvalue weighted by atomic mass is 32.2. The fraction of sp³-hybridized carbons (Fsp3) is 0.769. The number of aliphatic hydroxyl groups is 1. The molecule has 0 amide bonds. The third-order valence-electron chi connectivity index (χ3n) is 9.11. The van der Waals surface area contributed by atoms with Gasteiger partial charge in [0.25, 0.3) is 0 Å². The summed E-state index contributed by atoms with van der Waals surface area (Å²) in [7, 11) is 0. The second-order valence-electron chi connectivity index (χ2n) is 11.0. The predicted octanol–water partition coefficient (Wildman–Crippen LogP) is 5.02. The topological polar surface area (TPSA) is 72.8 Å². The van der Waals surface area contributed by atoms with Crippen LogP contribution in [0.15, 0.2) is 23.8 Å². The van der Waals surface area contributed by atoms with Gasteiger partial charge in [0.05, 0.1) is 12.2 Å². The van der Waals surface area contributed by atoms with E-state index in [1.165, 1.54) is 19.1 Å². The van der Waals surface area contributed by atoms with E-state index in [1.54, 1.807) is 20.8 Å². The average Bonchev–Trinajstić information content (AvgIpc) is 3.20. The molecule has 0 aromatic carbocycles. The maximum Gasteiger partial charge on any atom is 0.226 e. The molecule has 6 unspecified atom stereocenters. The number of thioether (sulfide) groups is 1. The summed E-state index contributed by atoms with van der Waals surface area (Å²) in [5.41, 5.74) is -6.40. The third-order valence-corrected chi connectivity index (χ3v) is 9.78. The molecule has 0 spiro atoms. The number of alkyl halides is 3. The molecule has 1 heterocycles. The number of hydrogen-bond acceptors (Lipinski definition) is 6. The van der Waals surface area contributed by atoms with Crippen molar-refractivity contribution in [3.63, 3.8) is 0 Å². The highest BCUT2D eigenvalue weighted by Gasteiger charge is 2.80. The van der Waals surface area contributed by atoms with Crippen LogP contribution in [0.5, 0.6) is 0 Å². The molecule has 0 aromatic heterocycles. The monoisotopic (exact) mass is 516 g/mol. The molecule has 3 saturated carbocycles. The van der Waals surface area contributed by atoms with E-state index in [0.717, 1.165) is 6.08 Å². The first-order chi connectivity index (χ1) is 16.3. The predicted molar refractivity (Wildman–Crippen MR) is 127 cm³/mol. The molecule has 4 fully saturated rings. The van der Waals surface area contributed by atoms with Gasteiger partial charge in [0.15, 0.2) is 22.8 Å². The fourth-order valence-electron chi connectivity index (χ4n) is 7.81. The molecule has 0 aromatic rings. The number of halogens is 3. The molecule has 1 N–H and O–H groups in total. The molecule has 1 aliphatic heterocycles. The lowest BCUT2D eigenvalue weighted by Gasteiger charge is -2.63. The Hall–Kier alpha value is -1.16. The normalized spacial score (nSPS) is 49.1. The van der Waals surface area contributed by atoms with Crippen molar-refractivity contribution >= 4 is 22.7 Å². The van der Waals surface area contributed by atoms with Crippen LogP contribution in [-0.4, -0.2) is 57.4 Å². The molecule has 9 atom stereocenters. The standard InChI is InChI=1S/C24H29F3O5S.C2H6/c1-20(2)31-18-9-13-14-8-16(26)15-7-12(28)5-6-21(15,3)23(14,27)17(29)10-22(13,4)24(18,32-20)19(30)33-11-25;1-2/h5-7,13-14,16-18,29H,8-11H2,1-4H3;1-2H3/t13?,14?,16-,17?,18+,21?,22?,23-,24?;/m0./s1. The minimum atomic E-state index is -2.26. The zero-order valence-corrected chi connectivity index (χ0v) is 21.9. The van der Waals surface area contributed by atoms with Gasteiger partial charge in [0.2, 0.25) is 5.12 Å². The van der Waals surface area contributed by atoms with Gasteiger partial charge in [0, 0.05) is 16.7 Å². The number of hydrogen-bond donors (Lipinski definition) is 1. The van der Waals surface area contributed by atoms with Gasteiger partial charge in [-0.2, -0.15) is 0 Å². The van der Waals surface area contributed by atoms with Crippen molar-refractivity contribution in [1.29, 1.82) is 0 Å². The summed E-state index contributed by atoms with van der Waals surface area (Å²) in [5, 5.41) is 10.8. The van der Waals surface area contributed by atoms with Crippen molar-refractivity contribution in [2.45, 2.75) is 96.2 Å². The van der Waals surface area contributed by atoms with E-state index in [0.29, 0.717) is 11.8 Å². The Morgan fingerprint density at radius 2 is 1.86 bits per heavy atom. The first-order valence-electron chi connectivity index (χ1n) is 12.3. The molecular formula is C26H35F3O5S. The van der Waals surface area contributed by atoms with Gasteiger partial charge >= 0.3 is 0 Å². The van der Waals surface area contributed by atoms with Gasteiger partial charge in [-0.3, -0.25) is 9.59 Å². The average molecular weight is 517 g/mol. The van der Waals surface area contributed by atoms with Crippen molar-refractivity contribution in [2.24, 2.45) is 22.7 Å². The van der Waals surface area contributed by atoms with E-state index in [4.69, 9.17) is 9.47 Å². The van der Waals surface area contributed by atoms with E-state index in [2.05, 4.69) is 0 Å². The molecule has 5 nitrogen and oxygen atoms in total. The highest BCUT2D eigenvalue weighted by Crippen LogP contribution is 2.72. The molecule has 9 heteroatoms. The molecule has 0 radical (unpaired) electrons. The Kier molecular flexibility index (Phi) is 6.48. The number of ketones is 1. The number of carbonyl (C=O) groups is 2. The summed E-state index contributed by atoms with van der Waals surface area (Å²) in [6.07, 6.45) is -0.298. The molecule has 0 bridgehead atoms. The van der Waals surface area contributed by atoms with Crippen LogP contribution in [0.3, 0.4) is 0 Å².